The van der Waals surface area contributed by atoms with Crippen LogP contribution >= 0.6 is 0 Å². The van der Waals surface area contributed by atoms with Crippen molar-refractivity contribution in [3.05, 3.63) is 60.7 Å². The molecular formula is C14H18O2Si2. The predicted octanol–water partition coefficient (Wildman–Crippen LogP) is 1.04. The van der Waals surface area contributed by atoms with Gasteiger partial charge >= 0.3 is 0 Å². The van der Waals surface area contributed by atoms with Crippen molar-refractivity contribution in [3.63, 3.8) is 0 Å². The predicted molar refractivity (Wildman–Crippen MR) is 80.4 cm³/mol. The Balaban J connectivity index is 2.41. The summed E-state index contributed by atoms with van der Waals surface area (Å²) in [6, 6.07) is 21.0. The second-order valence-electron chi connectivity index (χ2n) is 4.32. The molecule has 0 aliphatic carbocycles. The number of hydrogen-bond donors (Lipinski definition) is 0. The summed E-state index contributed by atoms with van der Waals surface area (Å²) in [5.41, 5.74) is 0. The summed E-state index contributed by atoms with van der Waals surface area (Å²) in [5, 5.41) is 2.58. The smallest absolute Gasteiger partial charge is 0.294 e. The average molecular weight is 274 g/mol. The summed E-state index contributed by atoms with van der Waals surface area (Å²) in [6.45, 7) is 2.24. The molecule has 0 aromatic heterocycles. The fraction of sp³-hybridized carbons (Fsp3) is 0.143. The molecule has 0 saturated heterocycles. The van der Waals surface area contributed by atoms with Crippen LogP contribution in [0.3, 0.4) is 0 Å². The second-order valence-corrected chi connectivity index (χ2v) is 9.51. The summed E-state index contributed by atoms with van der Waals surface area (Å²) in [5.74, 6) is 0. The molecule has 2 aromatic carbocycles. The van der Waals surface area contributed by atoms with Crippen LogP contribution in [-0.4, -0.2) is 25.4 Å². The maximum Gasteiger partial charge on any atom is 0.294 e. The van der Waals surface area contributed by atoms with Crippen LogP contribution in [0.4, 0.5) is 0 Å². The highest BCUT2D eigenvalue weighted by Crippen LogP contribution is 2.06. The second kappa shape index (κ2) is 6.11. The molecule has 0 fully saturated rings. The Morgan fingerprint density at radius 3 is 1.67 bits per heavy atom. The van der Waals surface area contributed by atoms with Gasteiger partial charge in [0.25, 0.3) is 10.0 Å². The first-order valence-electron chi connectivity index (χ1n) is 6.01. The van der Waals surface area contributed by atoms with Crippen molar-refractivity contribution in [2.24, 2.45) is 0 Å². The highest BCUT2D eigenvalue weighted by molar-refractivity contribution is 6.98. The largest absolute Gasteiger partial charge is 0.433 e. The molecule has 0 N–H and O–H groups in total. The van der Waals surface area contributed by atoms with Crippen molar-refractivity contribution in [3.8, 4) is 0 Å². The van der Waals surface area contributed by atoms with E-state index in [0.717, 1.165) is 0 Å². The molecule has 0 bridgehead atoms. The van der Waals surface area contributed by atoms with E-state index in [1.165, 1.54) is 10.4 Å². The summed E-state index contributed by atoms with van der Waals surface area (Å²) in [6.07, 6.45) is 0. The van der Waals surface area contributed by atoms with Gasteiger partial charge in [-0.1, -0.05) is 60.7 Å². The van der Waals surface area contributed by atoms with Crippen LogP contribution in [0.2, 0.25) is 6.55 Å². The Bertz CT molecular complexity index is 434. The highest BCUT2D eigenvalue weighted by Gasteiger charge is 2.33. The van der Waals surface area contributed by atoms with Gasteiger partial charge in [-0.3, -0.25) is 0 Å². The van der Waals surface area contributed by atoms with Crippen LogP contribution in [0.5, 0.6) is 0 Å². The minimum atomic E-state index is -2.09. The third-order valence-electron chi connectivity index (χ3n) is 3.11. The van der Waals surface area contributed by atoms with Gasteiger partial charge in [-0.05, 0) is 16.9 Å². The number of benzene rings is 2. The van der Waals surface area contributed by atoms with E-state index in [0.29, 0.717) is 0 Å². The van der Waals surface area contributed by atoms with Crippen LogP contribution in [0, 0.1) is 0 Å². The van der Waals surface area contributed by atoms with Gasteiger partial charge in [-0.15, -0.1) is 0 Å². The van der Waals surface area contributed by atoms with Gasteiger partial charge < -0.3 is 8.54 Å². The van der Waals surface area contributed by atoms with Crippen molar-refractivity contribution in [1.82, 2.24) is 0 Å². The summed E-state index contributed by atoms with van der Waals surface area (Å²) >= 11 is 0. The number of rotatable bonds is 5. The van der Waals surface area contributed by atoms with Crippen molar-refractivity contribution in [2.75, 3.05) is 7.11 Å². The van der Waals surface area contributed by atoms with E-state index in [4.69, 9.17) is 8.54 Å². The Morgan fingerprint density at radius 2 is 1.28 bits per heavy atom. The maximum absolute atomic E-state index is 6.21. The lowest BCUT2D eigenvalue weighted by molar-refractivity contribution is 0.367. The first kappa shape index (κ1) is 13.2. The zero-order valence-electron chi connectivity index (χ0n) is 10.8. The molecule has 0 unspecified atom stereocenters. The Kier molecular flexibility index (Phi) is 4.49. The SMILES string of the molecule is CO[SiH2]O[Si](C)(c1ccccc1)c1ccccc1. The molecule has 0 spiro atoms. The molecule has 4 heteroatoms. The van der Waals surface area contributed by atoms with Crippen LogP contribution in [0.25, 0.3) is 0 Å². The molecule has 0 aliphatic rings. The van der Waals surface area contributed by atoms with E-state index in [2.05, 4.69) is 55.1 Å². The monoisotopic (exact) mass is 274 g/mol. The standard InChI is InChI=1S/C14H18O2Si2/c1-15-17-16-18(2,13-9-5-3-6-10-13)14-11-7-4-8-12-14/h3-12H,17H2,1-2H3. The minimum Gasteiger partial charge on any atom is -0.433 e. The lowest BCUT2D eigenvalue weighted by Gasteiger charge is -2.28. The molecule has 0 heterocycles. The topological polar surface area (TPSA) is 18.5 Å². The van der Waals surface area contributed by atoms with Crippen LogP contribution in [-0.2, 0) is 8.54 Å². The molecule has 0 radical (unpaired) electrons. The van der Waals surface area contributed by atoms with Gasteiger partial charge in [0.1, 0.15) is 0 Å². The van der Waals surface area contributed by atoms with Gasteiger partial charge in [-0.2, -0.15) is 0 Å². The molecule has 18 heavy (non-hydrogen) atoms. The van der Waals surface area contributed by atoms with Crippen LogP contribution in [0.15, 0.2) is 60.7 Å². The minimum absolute atomic E-state index is 0.908. The molecule has 2 rings (SSSR count). The quantitative estimate of drug-likeness (QED) is 0.759. The fourth-order valence-electron chi connectivity index (χ4n) is 2.02. The van der Waals surface area contributed by atoms with Gasteiger partial charge in [-0.25, -0.2) is 0 Å². The Labute approximate surface area is 112 Å². The third kappa shape index (κ3) is 2.78. The van der Waals surface area contributed by atoms with E-state index in [9.17, 15) is 0 Å². The maximum atomic E-state index is 6.21. The molecule has 2 aromatic rings. The summed E-state index contributed by atoms with van der Waals surface area (Å²) in [7, 11) is -1.27. The van der Waals surface area contributed by atoms with Crippen molar-refractivity contribution < 1.29 is 8.54 Å². The molecule has 0 atom stereocenters. The molecular weight excluding hydrogens is 256 g/mol. The normalized spacial score (nSPS) is 12.1. The lowest BCUT2D eigenvalue weighted by atomic mass is 10.4. The summed E-state index contributed by atoms with van der Waals surface area (Å²) < 4.78 is 11.4. The van der Waals surface area contributed by atoms with E-state index < -0.39 is 18.3 Å². The van der Waals surface area contributed by atoms with Crippen molar-refractivity contribution >= 4 is 28.7 Å². The Hall–Kier alpha value is -1.21. The summed E-state index contributed by atoms with van der Waals surface area (Å²) in [4.78, 5) is 0. The third-order valence-corrected chi connectivity index (χ3v) is 9.00. The van der Waals surface area contributed by atoms with Gasteiger partial charge in [0.05, 0.1) is 0 Å². The molecule has 0 aliphatic heterocycles. The van der Waals surface area contributed by atoms with Crippen LogP contribution in [0.1, 0.15) is 0 Å². The first-order valence-corrected chi connectivity index (χ1v) is 9.57. The van der Waals surface area contributed by atoms with Gasteiger partial charge in [0.15, 0.2) is 0 Å². The van der Waals surface area contributed by atoms with E-state index in [1.807, 2.05) is 12.1 Å². The Morgan fingerprint density at radius 1 is 0.833 bits per heavy atom. The van der Waals surface area contributed by atoms with Crippen molar-refractivity contribution in [2.45, 2.75) is 6.55 Å². The molecule has 94 valence electrons. The van der Waals surface area contributed by atoms with E-state index in [1.54, 1.807) is 7.11 Å². The first-order chi connectivity index (χ1) is 8.77. The van der Waals surface area contributed by atoms with Gasteiger partial charge in [0, 0.05) is 7.11 Å². The zero-order valence-corrected chi connectivity index (χ0v) is 13.2. The molecule has 2 nitrogen and oxygen atoms in total. The van der Waals surface area contributed by atoms with Crippen molar-refractivity contribution in [1.29, 1.82) is 0 Å². The zero-order chi connectivity index (χ0) is 12.8. The molecule has 0 saturated carbocycles. The van der Waals surface area contributed by atoms with E-state index >= 15 is 0 Å². The lowest BCUT2D eigenvalue weighted by Crippen LogP contribution is -2.59. The van der Waals surface area contributed by atoms with E-state index in [-0.39, 0.29) is 0 Å². The highest BCUT2D eigenvalue weighted by atomic mass is 28.4. The fourth-order valence-corrected chi connectivity index (χ4v) is 6.76. The molecule has 0 amide bonds. The average Bonchev–Trinajstić information content (AvgIpc) is 2.46. The number of hydrogen-bond acceptors (Lipinski definition) is 2. The van der Waals surface area contributed by atoms with Crippen LogP contribution < -0.4 is 10.4 Å². The van der Waals surface area contributed by atoms with Gasteiger partial charge in [0.2, 0.25) is 8.32 Å².